The van der Waals surface area contributed by atoms with Gasteiger partial charge in [-0.2, -0.15) is 0 Å². The van der Waals surface area contributed by atoms with Crippen LogP contribution in [0.2, 0.25) is 0 Å². The van der Waals surface area contributed by atoms with Crippen LogP contribution < -0.4 is 5.32 Å². The molecule has 0 aromatic carbocycles. The van der Waals surface area contributed by atoms with Crippen molar-refractivity contribution in [1.82, 2.24) is 5.32 Å². The number of methoxy groups -OCH3 is 1. The quantitative estimate of drug-likeness (QED) is 0.416. The van der Waals surface area contributed by atoms with E-state index in [1.807, 2.05) is 0 Å². The van der Waals surface area contributed by atoms with Crippen LogP contribution in [0, 0.1) is 0 Å². The second-order valence-corrected chi connectivity index (χ2v) is 5.06. The van der Waals surface area contributed by atoms with Gasteiger partial charge in [0.05, 0.1) is 33.0 Å². The van der Waals surface area contributed by atoms with Gasteiger partial charge in [0.2, 0.25) is 0 Å². The molecule has 0 bridgehead atoms. The van der Waals surface area contributed by atoms with Gasteiger partial charge >= 0.3 is 0 Å². The molecule has 104 valence electrons. The highest BCUT2D eigenvalue weighted by Gasteiger charge is 1.98. The van der Waals surface area contributed by atoms with Crippen molar-refractivity contribution in [3.8, 4) is 0 Å². The van der Waals surface area contributed by atoms with Gasteiger partial charge < -0.3 is 19.5 Å². The highest BCUT2D eigenvalue weighted by molar-refractivity contribution is 9.09. The molecule has 4 nitrogen and oxygen atoms in total. The predicted molar refractivity (Wildman–Crippen MR) is 74.0 cm³/mol. The van der Waals surface area contributed by atoms with Crippen molar-refractivity contribution in [2.75, 3.05) is 53.2 Å². The Labute approximate surface area is 114 Å². The third kappa shape index (κ3) is 14.3. The highest BCUT2D eigenvalue weighted by atomic mass is 79.9. The van der Waals surface area contributed by atoms with Crippen LogP contribution in [0.15, 0.2) is 0 Å². The van der Waals surface area contributed by atoms with Crippen LogP contribution in [0.25, 0.3) is 0 Å². The Bertz CT molecular complexity index is 150. The van der Waals surface area contributed by atoms with E-state index < -0.39 is 0 Å². The van der Waals surface area contributed by atoms with E-state index >= 15 is 0 Å². The van der Waals surface area contributed by atoms with Crippen LogP contribution in [-0.4, -0.2) is 58.1 Å². The zero-order chi connectivity index (χ0) is 12.8. The minimum absolute atomic E-state index is 0.630. The molecule has 0 spiro atoms. The van der Waals surface area contributed by atoms with E-state index in [-0.39, 0.29) is 0 Å². The Morgan fingerprint density at radius 2 is 1.65 bits per heavy atom. The normalized spacial score (nSPS) is 12.9. The number of hydrogen-bond acceptors (Lipinski definition) is 4. The topological polar surface area (TPSA) is 39.7 Å². The molecule has 0 aliphatic rings. The van der Waals surface area contributed by atoms with Crippen molar-refractivity contribution in [2.24, 2.45) is 0 Å². The van der Waals surface area contributed by atoms with E-state index in [4.69, 9.17) is 14.2 Å². The van der Waals surface area contributed by atoms with Crippen LogP contribution in [0.1, 0.15) is 19.8 Å². The van der Waals surface area contributed by atoms with Gasteiger partial charge in [0.1, 0.15) is 0 Å². The summed E-state index contributed by atoms with van der Waals surface area (Å²) in [5.74, 6) is 0. The van der Waals surface area contributed by atoms with Crippen molar-refractivity contribution in [1.29, 1.82) is 0 Å². The fraction of sp³-hybridized carbons (Fsp3) is 1.00. The summed E-state index contributed by atoms with van der Waals surface area (Å²) in [6, 6.07) is 0. The molecule has 0 aromatic rings. The monoisotopic (exact) mass is 311 g/mol. The van der Waals surface area contributed by atoms with Gasteiger partial charge in [-0.25, -0.2) is 0 Å². The molecule has 1 atom stereocenters. The first-order valence-corrected chi connectivity index (χ1v) is 7.22. The molecule has 0 amide bonds. The van der Waals surface area contributed by atoms with Gasteiger partial charge in [0, 0.05) is 18.5 Å². The third-order valence-electron chi connectivity index (χ3n) is 2.30. The lowest BCUT2D eigenvalue weighted by atomic mass is 10.2. The van der Waals surface area contributed by atoms with Crippen LogP contribution in [0.4, 0.5) is 0 Å². The van der Waals surface area contributed by atoms with E-state index in [0.717, 1.165) is 26.1 Å². The molecule has 0 rings (SSSR count). The molecule has 0 radical (unpaired) electrons. The number of nitrogens with one attached hydrogen (secondary N) is 1. The first kappa shape index (κ1) is 17.3. The van der Waals surface area contributed by atoms with Crippen LogP contribution in [0.5, 0.6) is 0 Å². The molecular formula is C12H26BrNO3. The minimum Gasteiger partial charge on any atom is -0.382 e. The number of rotatable bonds is 13. The Morgan fingerprint density at radius 1 is 1.00 bits per heavy atom. The molecule has 1 N–H and O–H groups in total. The average Bonchev–Trinajstić information content (AvgIpc) is 2.35. The summed E-state index contributed by atoms with van der Waals surface area (Å²) in [5, 5.41) is 3.35. The largest absolute Gasteiger partial charge is 0.382 e. The lowest BCUT2D eigenvalue weighted by Crippen LogP contribution is -2.23. The molecule has 0 fully saturated rings. The van der Waals surface area contributed by atoms with Gasteiger partial charge in [0.15, 0.2) is 0 Å². The maximum Gasteiger partial charge on any atom is 0.0701 e. The molecule has 17 heavy (non-hydrogen) atoms. The Balaban J connectivity index is 2.94. The standard InChI is InChI=1S/C12H26BrNO3/c1-3-12(13)4-5-14-6-7-16-10-11-17-9-8-15-2/h12,14H,3-11H2,1-2H3. The molecule has 1 unspecified atom stereocenters. The van der Waals surface area contributed by atoms with Crippen LogP contribution in [0.3, 0.4) is 0 Å². The van der Waals surface area contributed by atoms with Crippen molar-refractivity contribution in [3.63, 3.8) is 0 Å². The summed E-state index contributed by atoms with van der Waals surface area (Å²) in [5.41, 5.74) is 0. The summed E-state index contributed by atoms with van der Waals surface area (Å²) >= 11 is 3.60. The SMILES string of the molecule is CCC(Br)CCNCCOCCOCCOC. The van der Waals surface area contributed by atoms with Gasteiger partial charge in [-0.15, -0.1) is 0 Å². The second kappa shape index (κ2) is 14.4. The molecule has 5 heteroatoms. The lowest BCUT2D eigenvalue weighted by Gasteiger charge is -2.08. The highest BCUT2D eigenvalue weighted by Crippen LogP contribution is 2.07. The number of ether oxygens (including phenoxy) is 3. The number of hydrogen-bond donors (Lipinski definition) is 1. The lowest BCUT2D eigenvalue weighted by molar-refractivity contribution is 0.0256. The summed E-state index contributed by atoms with van der Waals surface area (Å²) in [7, 11) is 1.67. The summed E-state index contributed by atoms with van der Waals surface area (Å²) in [4.78, 5) is 0.630. The zero-order valence-corrected chi connectivity index (χ0v) is 12.6. The van der Waals surface area contributed by atoms with E-state index in [9.17, 15) is 0 Å². The Morgan fingerprint density at radius 3 is 2.29 bits per heavy atom. The third-order valence-corrected chi connectivity index (χ3v) is 3.41. The van der Waals surface area contributed by atoms with Crippen molar-refractivity contribution in [2.45, 2.75) is 24.6 Å². The molecule has 0 saturated heterocycles. The molecule has 0 saturated carbocycles. The Kier molecular flexibility index (Phi) is 14.7. The fourth-order valence-corrected chi connectivity index (χ4v) is 1.43. The van der Waals surface area contributed by atoms with Crippen molar-refractivity contribution in [3.05, 3.63) is 0 Å². The first-order valence-electron chi connectivity index (χ1n) is 6.30. The van der Waals surface area contributed by atoms with Gasteiger partial charge in [-0.1, -0.05) is 22.9 Å². The molecule has 0 aliphatic carbocycles. The number of halogens is 1. The van der Waals surface area contributed by atoms with Crippen molar-refractivity contribution >= 4 is 15.9 Å². The molecule has 0 heterocycles. The maximum atomic E-state index is 5.41. The Hall–Kier alpha value is 0.320. The van der Waals surface area contributed by atoms with Crippen LogP contribution in [-0.2, 0) is 14.2 Å². The van der Waals surface area contributed by atoms with E-state index in [0.29, 0.717) is 31.3 Å². The average molecular weight is 312 g/mol. The molecule has 0 aliphatic heterocycles. The van der Waals surface area contributed by atoms with Gasteiger partial charge in [-0.3, -0.25) is 0 Å². The van der Waals surface area contributed by atoms with Gasteiger partial charge in [-0.05, 0) is 19.4 Å². The first-order chi connectivity index (χ1) is 8.31. The maximum absolute atomic E-state index is 5.41. The summed E-state index contributed by atoms with van der Waals surface area (Å²) in [6.45, 7) is 7.45. The second-order valence-electron chi connectivity index (χ2n) is 3.76. The smallest absolute Gasteiger partial charge is 0.0701 e. The van der Waals surface area contributed by atoms with E-state index in [1.165, 1.54) is 6.42 Å². The van der Waals surface area contributed by atoms with E-state index in [2.05, 4.69) is 28.2 Å². The summed E-state index contributed by atoms with van der Waals surface area (Å²) < 4.78 is 15.5. The van der Waals surface area contributed by atoms with E-state index in [1.54, 1.807) is 7.11 Å². The van der Waals surface area contributed by atoms with Crippen molar-refractivity contribution < 1.29 is 14.2 Å². The zero-order valence-electron chi connectivity index (χ0n) is 11.0. The number of alkyl halides is 1. The fourth-order valence-electron chi connectivity index (χ4n) is 1.20. The van der Waals surface area contributed by atoms with Gasteiger partial charge in [0.25, 0.3) is 0 Å². The summed E-state index contributed by atoms with van der Waals surface area (Å²) in [6.07, 6.45) is 2.34. The van der Waals surface area contributed by atoms with Crippen LogP contribution >= 0.6 is 15.9 Å². The molecular weight excluding hydrogens is 286 g/mol. The molecule has 0 aromatic heterocycles. The predicted octanol–water partition coefficient (Wildman–Crippen LogP) is 1.82. The minimum atomic E-state index is 0.630.